The van der Waals surface area contributed by atoms with E-state index in [9.17, 15) is 14.9 Å². The van der Waals surface area contributed by atoms with Gasteiger partial charge in [-0.2, -0.15) is 4.68 Å². The monoisotopic (exact) mass is 274 g/mol. The zero-order valence-corrected chi connectivity index (χ0v) is 11.0. The molecule has 1 aromatic heterocycles. The van der Waals surface area contributed by atoms with E-state index in [0.717, 1.165) is 12.8 Å². The van der Waals surface area contributed by atoms with Gasteiger partial charge in [-0.3, -0.25) is 4.79 Å². The normalized spacial score (nSPS) is 10.4. The molecule has 0 spiro atoms. The molecule has 7 heteroatoms. The van der Waals surface area contributed by atoms with Gasteiger partial charge in [0.1, 0.15) is 6.54 Å². The highest BCUT2D eigenvalue weighted by atomic mass is 16.6. The van der Waals surface area contributed by atoms with E-state index in [-0.39, 0.29) is 12.3 Å². The number of aromatic nitrogens is 3. The number of hydrogen-bond acceptors (Lipinski definition) is 5. The molecule has 2 aromatic rings. The summed E-state index contributed by atoms with van der Waals surface area (Å²) < 4.78 is 1.17. The van der Waals surface area contributed by atoms with Crippen LogP contribution in [-0.4, -0.2) is 25.5 Å². The molecule has 0 saturated carbocycles. The van der Waals surface area contributed by atoms with Crippen LogP contribution in [0.1, 0.15) is 29.3 Å². The highest BCUT2D eigenvalue weighted by molar-refractivity contribution is 5.95. The third-order valence-electron chi connectivity index (χ3n) is 2.81. The van der Waals surface area contributed by atoms with Crippen LogP contribution in [0.2, 0.25) is 0 Å². The third kappa shape index (κ3) is 3.25. The fraction of sp³-hybridized carbons (Fsp3) is 0.308. The largest absolute Gasteiger partial charge is 0.490 e. The van der Waals surface area contributed by atoms with Crippen molar-refractivity contribution in [3.05, 3.63) is 51.8 Å². The van der Waals surface area contributed by atoms with Crippen LogP contribution in [0.3, 0.4) is 0 Å². The highest BCUT2D eigenvalue weighted by Gasteiger charge is 2.16. The molecule has 1 heterocycles. The minimum Gasteiger partial charge on any atom is -0.390 e. The predicted octanol–water partition coefficient (Wildman–Crippen LogP) is 2.02. The second kappa shape index (κ2) is 6.05. The second-order valence-corrected chi connectivity index (χ2v) is 4.37. The van der Waals surface area contributed by atoms with Gasteiger partial charge in [0.2, 0.25) is 6.33 Å². The van der Waals surface area contributed by atoms with Gasteiger partial charge in [-0.05, 0) is 16.9 Å². The maximum atomic E-state index is 12.0. The first-order valence-electron chi connectivity index (χ1n) is 6.26. The molecule has 0 N–H and O–H groups in total. The molecule has 0 fully saturated rings. The van der Waals surface area contributed by atoms with Crippen molar-refractivity contribution < 1.29 is 9.72 Å². The molecule has 20 heavy (non-hydrogen) atoms. The average molecular weight is 274 g/mol. The summed E-state index contributed by atoms with van der Waals surface area (Å²) in [5, 5.41) is 14.1. The van der Waals surface area contributed by atoms with Crippen LogP contribution in [0.5, 0.6) is 0 Å². The minimum absolute atomic E-state index is 0.0615. The Balaban J connectivity index is 2.05. The molecule has 2 rings (SSSR count). The van der Waals surface area contributed by atoms with E-state index in [2.05, 4.69) is 17.0 Å². The third-order valence-corrected chi connectivity index (χ3v) is 2.81. The highest BCUT2D eigenvalue weighted by Crippen LogP contribution is 2.09. The van der Waals surface area contributed by atoms with Crippen molar-refractivity contribution >= 4 is 11.7 Å². The number of benzene rings is 1. The average Bonchev–Trinajstić information content (AvgIpc) is 2.88. The van der Waals surface area contributed by atoms with E-state index in [0.29, 0.717) is 5.56 Å². The van der Waals surface area contributed by atoms with Gasteiger partial charge in [0, 0.05) is 10.7 Å². The molecule has 0 aliphatic rings. The summed E-state index contributed by atoms with van der Waals surface area (Å²) in [5.74, 6) is -0.663. The lowest BCUT2D eigenvalue weighted by molar-refractivity contribution is -0.394. The summed E-state index contributed by atoms with van der Waals surface area (Å²) in [4.78, 5) is 25.3. The number of carbonyl (C=O) groups is 1. The Kier molecular flexibility index (Phi) is 4.19. The zero-order valence-electron chi connectivity index (χ0n) is 11.0. The lowest BCUT2D eigenvalue weighted by atomic mass is 10.1. The van der Waals surface area contributed by atoms with Crippen molar-refractivity contribution in [2.75, 3.05) is 0 Å². The first-order chi connectivity index (χ1) is 9.60. The number of aryl methyl sites for hydroxylation is 1. The van der Waals surface area contributed by atoms with Gasteiger partial charge in [-0.15, -0.1) is 0 Å². The zero-order chi connectivity index (χ0) is 14.5. The molecule has 0 aliphatic carbocycles. The van der Waals surface area contributed by atoms with Crippen LogP contribution >= 0.6 is 0 Å². The summed E-state index contributed by atoms with van der Waals surface area (Å²) in [6, 6.07) is 7.36. The SMILES string of the molecule is CCCc1ccc(C(=O)Cn2cnc([N+](=O)[O-])n2)cc1. The van der Waals surface area contributed by atoms with Crippen LogP contribution in [0.4, 0.5) is 5.95 Å². The van der Waals surface area contributed by atoms with E-state index in [1.165, 1.54) is 16.6 Å². The maximum Gasteiger partial charge on any atom is 0.490 e. The van der Waals surface area contributed by atoms with E-state index >= 15 is 0 Å². The van der Waals surface area contributed by atoms with Gasteiger partial charge < -0.3 is 10.1 Å². The fourth-order valence-electron chi connectivity index (χ4n) is 1.83. The summed E-state index contributed by atoms with van der Waals surface area (Å²) in [6.45, 7) is 2.03. The standard InChI is InChI=1S/C13H14N4O3/c1-2-3-10-4-6-11(7-5-10)12(18)8-16-9-14-13(15-16)17(19)20/h4-7,9H,2-3,8H2,1H3. The van der Waals surface area contributed by atoms with Crippen molar-refractivity contribution in [2.45, 2.75) is 26.3 Å². The van der Waals surface area contributed by atoms with Gasteiger partial charge in [0.05, 0.1) is 0 Å². The number of hydrogen-bond donors (Lipinski definition) is 0. The van der Waals surface area contributed by atoms with Crippen LogP contribution in [0, 0.1) is 10.1 Å². The maximum absolute atomic E-state index is 12.0. The van der Waals surface area contributed by atoms with Gasteiger partial charge in [-0.1, -0.05) is 42.6 Å². The molecular weight excluding hydrogens is 260 g/mol. The van der Waals surface area contributed by atoms with Crippen molar-refractivity contribution in [1.82, 2.24) is 14.8 Å². The summed E-state index contributed by atoms with van der Waals surface area (Å²) in [5.41, 5.74) is 1.74. The van der Waals surface area contributed by atoms with Gasteiger partial charge in [0.25, 0.3) is 0 Å². The van der Waals surface area contributed by atoms with Crippen molar-refractivity contribution in [2.24, 2.45) is 0 Å². The Morgan fingerprint density at radius 3 is 2.60 bits per heavy atom. The van der Waals surface area contributed by atoms with E-state index < -0.39 is 10.9 Å². The first-order valence-corrected chi connectivity index (χ1v) is 6.26. The smallest absolute Gasteiger partial charge is 0.390 e. The van der Waals surface area contributed by atoms with Crippen LogP contribution in [0.25, 0.3) is 0 Å². The Bertz CT molecular complexity index is 619. The lowest BCUT2D eigenvalue weighted by Crippen LogP contribution is -2.11. The van der Waals surface area contributed by atoms with Crippen molar-refractivity contribution in [3.63, 3.8) is 0 Å². The summed E-state index contributed by atoms with van der Waals surface area (Å²) in [7, 11) is 0. The minimum atomic E-state index is -0.694. The molecule has 0 saturated heterocycles. The molecular formula is C13H14N4O3. The Labute approximate surface area is 115 Å². The van der Waals surface area contributed by atoms with Crippen LogP contribution in [0.15, 0.2) is 30.6 Å². The fourth-order valence-corrected chi connectivity index (χ4v) is 1.83. The number of Topliss-reactive ketones (excluding diaryl/α,β-unsaturated/α-hetero) is 1. The molecule has 0 unspecified atom stereocenters. The first kappa shape index (κ1) is 13.9. The molecule has 0 aliphatic heterocycles. The van der Waals surface area contributed by atoms with Gasteiger partial charge >= 0.3 is 5.95 Å². The van der Waals surface area contributed by atoms with E-state index in [4.69, 9.17) is 0 Å². The van der Waals surface area contributed by atoms with Gasteiger partial charge in [-0.25, -0.2) is 0 Å². The molecule has 1 aromatic carbocycles. The number of ketones is 1. The van der Waals surface area contributed by atoms with Crippen molar-refractivity contribution in [1.29, 1.82) is 0 Å². The topological polar surface area (TPSA) is 90.9 Å². The molecule has 0 amide bonds. The van der Waals surface area contributed by atoms with Crippen LogP contribution in [-0.2, 0) is 13.0 Å². The number of carbonyl (C=O) groups excluding carboxylic acids is 1. The Hall–Kier alpha value is -2.57. The number of nitrogens with zero attached hydrogens (tertiary/aromatic N) is 4. The molecule has 104 valence electrons. The van der Waals surface area contributed by atoms with Crippen molar-refractivity contribution in [3.8, 4) is 0 Å². The molecule has 0 atom stereocenters. The quantitative estimate of drug-likeness (QED) is 0.456. The summed E-state index contributed by atoms with van der Waals surface area (Å²) in [6.07, 6.45) is 3.21. The molecule has 0 bridgehead atoms. The second-order valence-electron chi connectivity index (χ2n) is 4.37. The molecule has 7 nitrogen and oxygen atoms in total. The lowest BCUT2D eigenvalue weighted by Gasteiger charge is -2.01. The Morgan fingerprint density at radius 2 is 2.05 bits per heavy atom. The predicted molar refractivity (Wildman–Crippen MR) is 71.4 cm³/mol. The number of nitro groups is 1. The van der Waals surface area contributed by atoms with Gasteiger partial charge in [0.15, 0.2) is 5.78 Å². The van der Waals surface area contributed by atoms with E-state index in [1.807, 2.05) is 12.1 Å². The van der Waals surface area contributed by atoms with E-state index in [1.54, 1.807) is 12.1 Å². The molecule has 0 radical (unpaired) electrons. The summed E-state index contributed by atoms with van der Waals surface area (Å²) >= 11 is 0. The van der Waals surface area contributed by atoms with Crippen LogP contribution < -0.4 is 0 Å². The number of rotatable bonds is 6. The Morgan fingerprint density at radius 1 is 1.35 bits per heavy atom.